The van der Waals surface area contributed by atoms with E-state index in [4.69, 9.17) is 19.0 Å². The Morgan fingerprint density at radius 1 is 1.31 bits per heavy atom. The fourth-order valence-corrected chi connectivity index (χ4v) is 2.93. The van der Waals surface area contributed by atoms with Gasteiger partial charge in [-0.05, 0) is 32.3 Å². The van der Waals surface area contributed by atoms with E-state index in [1.807, 2.05) is 30.3 Å². The Morgan fingerprint density at radius 2 is 2.00 bits per heavy atom. The molecule has 0 unspecified atom stereocenters. The second kappa shape index (κ2) is 9.43. The number of nitrogens with zero attached hydrogens (tertiary/aromatic N) is 1. The number of amides is 1. The van der Waals surface area contributed by atoms with Gasteiger partial charge in [0, 0.05) is 13.7 Å². The molecule has 1 aliphatic rings. The van der Waals surface area contributed by atoms with E-state index in [-0.39, 0.29) is 12.5 Å². The first-order valence-corrected chi connectivity index (χ1v) is 8.81. The molecule has 1 aromatic carbocycles. The molecule has 1 heterocycles. The van der Waals surface area contributed by atoms with Gasteiger partial charge >= 0.3 is 0 Å². The lowest BCUT2D eigenvalue weighted by molar-refractivity contribution is -0.187. The first-order chi connectivity index (χ1) is 12.4. The summed E-state index contributed by atoms with van der Waals surface area (Å²) in [7, 11) is 2.95. The van der Waals surface area contributed by atoms with Gasteiger partial charge in [0.15, 0.2) is 11.9 Å². The van der Waals surface area contributed by atoms with Gasteiger partial charge in [-0.15, -0.1) is 0 Å². The Bertz CT molecular complexity index is 564. The molecule has 7 heteroatoms. The number of ether oxygens (including phenoxy) is 3. The highest BCUT2D eigenvalue weighted by atomic mass is 16.8. The Labute approximate surface area is 154 Å². The van der Waals surface area contributed by atoms with Crippen LogP contribution in [0, 0.1) is 0 Å². The summed E-state index contributed by atoms with van der Waals surface area (Å²) in [4.78, 5) is 17.6. The number of benzene rings is 1. The molecule has 0 saturated carbocycles. The molecular formula is C19H29NO6. The number of carbonyl (C=O) groups is 1. The maximum Gasteiger partial charge on any atom is 0.277 e. The van der Waals surface area contributed by atoms with Crippen molar-refractivity contribution in [3.8, 4) is 0 Å². The Morgan fingerprint density at radius 3 is 2.62 bits per heavy atom. The molecule has 1 N–H and O–H groups in total. The molecule has 0 bridgehead atoms. The van der Waals surface area contributed by atoms with Crippen LogP contribution in [-0.2, 0) is 30.4 Å². The Balaban J connectivity index is 2.15. The van der Waals surface area contributed by atoms with Crippen molar-refractivity contribution in [2.24, 2.45) is 0 Å². The molecule has 0 radical (unpaired) electrons. The van der Waals surface area contributed by atoms with Gasteiger partial charge in [0.25, 0.3) is 5.91 Å². The standard InChI is InChI=1S/C19H29NO6/c1-19(2)25-16(17(26-19)18(22)20(3)23-4)15(11-8-12-21)24-13-14-9-6-5-7-10-14/h5-7,9-10,15-17,21H,8,11-13H2,1-4H3/t15-,16+,17-/m1/s1. The van der Waals surface area contributed by atoms with Crippen molar-refractivity contribution >= 4 is 5.91 Å². The van der Waals surface area contributed by atoms with E-state index in [9.17, 15) is 9.90 Å². The first kappa shape index (κ1) is 20.8. The van der Waals surface area contributed by atoms with E-state index in [0.717, 1.165) is 10.6 Å². The van der Waals surface area contributed by atoms with Gasteiger partial charge in [-0.1, -0.05) is 30.3 Å². The van der Waals surface area contributed by atoms with Crippen LogP contribution in [0.15, 0.2) is 30.3 Å². The van der Waals surface area contributed by atoms with Crippen LogP contribution >= 0.6 is 0 Å². The van der Waals surface area contributed by atoms with Crippen LogP contribution in [0.25, 0.3) is 0 Å². The summed E-state index contributed by atoms with van der Waals surface area (Å²) >= 11 is 0. The minimum Gasteiger partial charge on any atom is -0.396 e. The number of hydrogen-bond donors (Lipinski definition) is 1. The van der Waals surface area contributed by atoms with Gasteiger partial charge in [0.1, 0.15) is 6.10 Å². The lowest BCUT2D eigenvalue weighted by Crippen LogP contribution is -2.46. The highest BCUT2D eigenvalue weighted by molar-refractivity contribution is 5.80. The van der Waals surface area contributed by atoms with Crippen LogP contribution in [0.4, 0.5) is 0 Å². The quantitative estimate of drug-likeness (QED) is 0.672. The number of carbonyl (C=O) groups excluding carboxylic acids is 1. The van der Waals surface area contributed by atoms with Gasteiger partial charge < -0.3 is 19.3 Å². The summed E-state index contributed by atoms with van der Waals surface area (Å²) in [6.07, 6.45) is -0.738. The zero-order valence-electron chi connectivity index (χ0n) is 15.9. The Hall–Kier alpha value is -1.51. The molecule has 1 aliphatic heterocycles. The van der Waals surface area contributed by atoms with Gasteiger partial charge in [-0.3, -0.25) is 9.63 Å². The van der Waals surface area contributed by atoms with Crippen molar-refractivity contribution in [3.05, 3.63) is 35.9 Å². The number of hydrogen-bond acceptors (Lipinski definition) is 6. The molecule has 146 valence electrons. The molecule has 26 heavy (non-hydrogen) atoms. The van der Waals surface area contributed by atoms with E-state index in [1.54, 1.807) is 13.8 Å². The van der Waals surface area contributed by atoms with E-state index >= 15 is 0 Å². The molecule has 0 aliphatic carbocycles. The van der Waals surface area contributed by atoms with Crippen molar-refractivity contribution < 1.29 is 28.9 Å². The molecule has 0 spiro atoms. The highest BCUT2D eigenvalue weighted by Gasteiger charge is 2.50. The summed E-state index contributed by atoms with van der Waals surface area (Å²) in [5.74, 6) is -1.24. The van der Waals surface area contributed by atoms with Crippen molar-refractivity contribution in [2.45, 2.75) is 57.4 Å². The average Bonchev–Trinajstić information content (AvgIpc) is 2.96. The summed E-state index contributed by atoms with van der Waals surface area (Å²) in [6, 6.07) is 9.78. The average molecular weight is 367 g/mol. The third-order valence-electron chi connectivity index (χ3n) is 4.28. The zero-order chi connectivity index (χ0) is 19.2. The molecule has 7 nitrogen and oxygen atoms in total. The van der Waals surface area contributed by atoms with Crippen LogP contribution in [0.5, 0.6) is 0 Å². The van der Waals surface area contributed by atoms with Crippen molar-refractivity contribution in [1.29, 1.82) is 0 Å². The second-order valence-corrected chi connectivity index (χ2v) is 6.74. The van der Waals surface area contributed by atoms with Crippen LogP contribution in [0.2, 0.25) is 0 Å². The molecule has 1 aromatic rings. The number of rotatable bonds is 9. The summed E-state index contributed by atoms with van der Waals surface area (Å²) in [6.45, 7) is 3.96. The number of aliphatic hydroxyl groups excluding tert-OH is 1. The lowest BCUT2D eigenvalue weighted by atomic mass is 10.0. The van der Waals surface area contributed by atoms with Gasteiger partial charge in [0.2, 0.25) is 0 Å². The minimum atomic E-state index is -0.910. The predicted octanol–water partition coefficient (Wildman–Crippen LogP) is 1.88. The largest absolute Gasteiger partial charge is 0.396 e. The molecule has 0 aromatic heterocycles. The number of aliphatic hydroxyl groups is 1. The summed E-state index contributed by atoms with van der Waals surface area (Å²) in [5, 5.41) is 10.4. The van der Waals surface area contributed by atoms with E-state index in [1.165, 1.54) is 14.2 Å². The number of likely N-dealkylation sites (N-methyl/N-ethyl adjacent to an activating group) is 1. The van der Waals surface area contributed by atoms with Crippen LogP contribution in [0.3, 0.4) is 0 Å². The SMILES string of the molecule is CON(C)C(=O)[C@@H]1OC(C)(C)O[C@H]1[C@@H](CCCO)OCc1ccccc1. The molecule has 1 fully saturated rings. The van der Waals surface area contributed by atoms with Gasteiger partial charge in [-0.2, -0.15) is 0 Å². The second-order valence-electron chi connectivity index (χ2n) is 6.74. The zero-order valence-corrected chi connectivity index (χ0v) is 15.9. The minimum absolute atomic E-state index is 0.0404. The smallest absolute Gasteiger partial charge is 0.277 e. The van der Waals surface area contributed by atoms with E-state index < -0.39 is 24.1 Å². The lowest BCUT2D eigenvalue weighted by Gasteiger charge is -2.27. The Kier molecular flexibility index (Phi) is 7.55. The predicted molar refractivity (Wildman–Crippen MR) is 94.9 cm³/mol. The first-order valence-electron chi connectivity index (χ1n) is 8.81. The number of hydroxylamine groups is 2. The molecule has 3 atom stereocenters. The van der Waals surface area contributed by atoms with Gasteiger partial charge in [0.05, 0.1) is 19.8 Å². The van der Waals surface area contributed by atoms with Gasteiger partial charge in [-0.25, -0.2) is 5.06 Å². The summed E-state index contributed by atoms with van der Waals surface area (Å²) < 4.78 is 17.9. The maximum absolute atomic E-state index is 12.6. The van der Waals surface area contributed by atoms with Crippen LogP contribution < -0.4 is 0 Å². The van der Waals surface area contributed by atoms with Crippen molar-refractivity contribution in [3.63, 3.8) is 0 Å². The topological polar surface area (TPSA) is 77.5 Å². The molecular weight excluding hydrogens is 338 g/mol. The monoisotopic (exact) mass is 367 g/mol. The molecule has 1 saturated heterocycles. The van der Waals surface area contributed by atoms with Crippen LogP contribution in [-0.4, -0.2) is 60.9 Å². The maximum atomic E-state index is 12.6. The van der Waals surface area contributed by atoms with Crippen molar-refractivity contribution in [2.75, 3.05) is 20.8 Å². The fraction of sp³-hybridized carbons (Fsp3) is 0.632. The van der Waals surface area contributed by atoms with E-state index in [2.05, 4.69) is 0 Å². The highest BCUT2D eigenvalue weighted by Crippen LogP contribution is 2.33. The van der Waals surface area contributed by atoms with Crippen LogP contribution in [0.1, 0.15) is 32.3 Å². The normalized spacial score (nSPS) is 23.0. The third kappa shape index (κ3) is 5.49. The molecule has 1 amide bonds. The summed E-state index contributed by atoms with van der Waals surface area (Å²) in [5.41, 5.74) is 1.02. The van der Waals surface area contributed by atoms with E-state index in [0.29, 0.717) is 19.4 Å². The fourth-order valence-electron chi connectivity index (χ4n) is 2.93. The molecule has 2 rings (SSSR count). The van der Waals surface area contributed by atoms with Crippen molar-refractivity contribution in [1.82, 2.24) is 5.06 Å². The third-order valence-corrected chi connectivity index (χ3v) is 4.28.